The number of hydrogen-bond donors (Lipinski definition) is 0. The predicted molar refractivity (Wildman–Crippen MR) is 65.5 cm³/mol. The average molecular weight is 259 g/mol. The first-order valence-electron chi connectivity index (χ1n) is 5.01. The molecule has 0 heterocycles. The van der Waals surface area contributed by atoms with Crippen molar-refractivity contribution in [2.75, 3.05) is 0 Å². The van der Waals surface area contributed by atoms with Crippen LogP contribution in [-0.4, -0.2) is 10.5 Å². The van der Waals surface area contributed by atoms with Crippen molar-refractivity contribution in [3.05, 3.63) is 34.9 Å². The molecule has 0 amide bonds. The van der Waals surface area contributed by atoms with Crippen LogP contribution in [-0.2, 0) is 0 Å². The molecule has 1 unspecified atom stereocenters. The van der Waals surface area contributed by atoms with Gasteiger partial charge in [0, 0.05) is 11.1 Å². The second-order valence-corrected chi connectivity index (χ2v) is 4.35. The number of carbonyl (C=O) groups excluding carboxylic acids is 2. The second-order valence-electron chi connectivity index (χ2n) is 3.66. The quantitative estimate of drug-likeness (QED) is 0.767. The van der Waals surface area contributed by atoms with E-state index < -0.39 is 10.5 Å². The summed E-state index contributed by atoms with van der Waals surface area (Å²) in [5.41, 5.74) is 1.50. The van der Waals surface area contributed by atoms with Gasteiger partial charge in [0.25, 0.3) is 10.5 Å². The minimum absolute atomic E-state index is 0.220. The molecule has 0 aliphatic carbocycles. The van der Waals surface area contributed by atoms with Crippen molar-refractivity contribution < 1.29 is 9.59 Å². The Morgan fingerprint density at radius 1 is 1.25 bits per heavy atom. The van der Waals surface area contributed by atoms with Gasteiger partial charge in [-0.1, -0.05) is 19.9 Å². The van der Waals surface area contributed by atoms with E-state index in [0.717, 1.165) is 12.0 Å². The molecular formula is C12H12Cl2O2. The molecule has 0 saturated carbocycles. The zero-order valence-electron chi connectivity index (χ0n) is 9.09. The molecule has 86 valence electrons. The summed E-state index contributed by atoms with van der Waals surface area (Å²) in [6.07, 6.45) is 0.894. The molecule has 4 heteroatoms. The molecule has 0 bridgehead atoms. The van der Waals surface area contributed by atoms with Gasteiger partial charge in [-0.2, -0.15) is 0 Å². The lowest BCUT2D eigenvalue weighted by Crippen LogP contribution is -2.03. The summed E-state index contributed by atoms with van der Waals surface area (Å²) >= 11 is 10.8. The highest BCUT2D eigenvalue weighted by molar-refractivity contribution is 6.69. The molecule has 0 aliphatic heterocycles. The van der Waals surface area contributed by atoms with Crippen LogP contribution in [0.3, 0.4) is 0 Å². The van der Waals surface area contributed by atoms with Crippen molar-refractivity contribution in [1.82, 2.24) is 0 Å². The van der Waals surface area contributed by atoms with E-state index in [0.29, 0.717) is 5.56 Å². The Balaban J connectivity index is 3.30. The standard InChI is InChI=1S/C12H12Cl2O2/c1-3-7(2)9-5-4-8(11(13)15)6-10(9)12(14)16/h4-7H,3H2,1-2H3. The Kier molecular flexibility index (Phi) is 4.51. The first-order valence-corrected chi connectivity index (χ1v) is 5.76. The van der Waals surface area contributed by atoms with Crippen molar-refractivity contribution >= 4 is 33.7 Å². The largest absolute Gasteiger partial charge is 0.276 e. The zero-order valence-corrected chi connectivity index (χ0v) is 10.6. The van der Waals surface area contributed by atoms with Crippen LogP contribution in [0.1, 0.15) is 52.5 Å². The van der Waals surface area contributed by atoms with Gasteiger partial charge in [-0.25, -0.2) is 0 Å². The molecule has 0 aromatic heterocycles. The van der Waals surface area contributed by atoms with E-state index in [-0.39, 0.29) is 11.5 Å². The van der Waals surface area contributed by atoms with Gasteiger partial charge in [-0.15, -0.1) is 0 Å². The minimum Gasteiger partial charge on any atom is -0.276 e. The van der Waals surface area contributed by atoms with Crippen LogP contribution in [0.4, 0.5) is 0 Å². The van der Waals surface area contributed by atoms with Crippen molar-refractivity contribution in [3.8, 4) is 0 Å². The minimum atomic E-state index is -0.588. The van der Waals surface area contributed by atoms with Gasteiger partial charge in [0.1, 0.15) is 0 Å². The summed E-state index contributed by atoms with van der Waals surface area (Å²) < 4.78 is 0. The third-order valence-electron chi connectivity index (χ3n) is 2.64. The third-order valence-corrected chi connectivity index (χ3v) is 3.06. The molecule has 16 heavy (non-hydrogen) atoms. The van der Waals surface area contributed by atoms with Gasteiger partial charge in [0.05, 0.1) is 0 Å². The Morgan fingerprint density at radius 2 is 1.88 bits per heavy atom. The molecule has 2 nitrogen and oxygen atoms in total. The lowest BCUT2D eigenvalue weighted by molar-refractivity contribution is 0.107. The lowest BCUT2D eigenvalue weighted by atomic mass is 9.93. The van der Waals surface area contributed by atoms with Gasteiger partial charge >= 0.3 is 0 Å². The summed E-state index contributed by atoms with van der Waals surface area (Å²) in [6.45, 7) is 4.02. The Labute approximate surface area is 105 Å². The third kappa shape index (κ3) is 2.83. The number of carbonyl (C=O) groups is 2. The Morgan fingerprint density at radius 3 is 2.31 bits per heavy atom. The molecule has 0 N–H and O–H groups in total. The zero-order chi connectivity index (χ0) is 12.3. The van der Waals surface area contributed by atoms with Gasteiger partial charge in [-0.3, -0.25) is 9.59 Å². The molecule has 1 aromatic rings. The molecule has 0 fully saturated rings. The van der Waals surface area contributed by atoms with Crippen molar-refractivity contribution in [2.24, 2.45) is 0 Å². The molecule has 0 aliphatic rings. The summed E-state index contributed by atoms with van der Waals surface area (Å²) in [4.78, 5) is 22.3. The van der Waals surface area contributed by atoms with E-state index in [2.05, 4.69) is 0 Å². The maximum absolute atomic E-state index is 11.3. The van der Waals surface area contributed by atoms with Crippen LogP contribution < -0.4 is 0 Å². The number of rotatable bonds is 4. The number of benzene rings is 1. The fraction of sp³-hybridized carbons (Fsp3) is 0.333. The normalized spacial score (nSPS) is 12.2. The summed E-state index contributed by atoms with van der Waals surface area (Å²) in [7, 11) is 0. The van der Waals surface area contributed by atoms with Crippen LogP contribution in [0.5, 0.6) is 0 Å². The molecule has 0 saturated heterocycles. The average Bonchev–Trinajstić information content (AvgIpc) is 2.26. The van der Waals surface area contributed by atoms with Gasteiger partial charge in [-0.05, 0) is 53.2 Å². The van der Waals surface area contributed by atoms with Crippen LogP contribution in [0.2, 0.25) is 0 Å². The first-order chi connectivity index (χ1) is 7.47. The summed E-state index contributed by atoms with van der Waals surface area (Å²) in [5, 5.41) is -1.15. The van der Waals surface area contributed by atoms with Gasteiger partial charge < -0.3 is 0 Å². The second kappa shape index (κ2) is 5.46. The molecule has 0 spiro atoms. The topological polar surface area (TPSA) is 34.1 Å². The van der Waals surface area contributed by atoms with Gasteiger partial charge in [0.15, 0.2) is 0 Å². The van der Waals surface area contributed by atoms with Crippen molar-refractivity contribution in [3.63, 3.8) is 0 Å². The number of halogens is 2. The molecule has 0 radical (unpaired) electrons. The molecule has 1 atom stereocenters. The lowest BCUT2D eigenvalue weighted by Gasteiger charge is -2.13. The van der Waals surface area contributed by atoms with E-state index in [1.165, 1.54) is 6.07 Å². The highest BCUT2D eigenvalue weighted by Crippen LogP contribution is 2.25. The highest BCUT2D eigenvalue weighted by atomic mass is 35.5. The monoisotopic (exact) mass is 258 g/mol. The number of hydrogen-bond acceptors (Lipinski definition) is 2. The SMILES string of the molecule is CCC(C)c1ccc(C(=O)Cl)cc1C(=O)Cl. The van der Waals surface area contributed by atoms with Crippen LogP contribution in [0.25, 0.3) is 0 Å². The van der Waals surface area contributed by atoms with Crippen molar-refractivity contribution in [2.45, 2.75) is 26.2 Å². The van der Waals surface area contributed by atoms with E-state index in [1.807, 2.05) is 13.8 Å². The van der Waals surface area contributed by atoms with Gasteiger partial charge in [0.2, 0.25) is 0 Å². The molecule has 1 aromatic carbocycles. The van der Waals surface area contributed by atoms with E-state index in [4.69, 9.17) is 23.2 Å². The fourth-order valence-electron chi connectivity index (χ4n) is 1.50. The van der Waals surface area contributed by atoms with E-state index in [1.54, 1.807) is 12.1 Å². The van der Waals surface area contributed by atoms with E-state index in [9.17, 15) is 9.59 Å². The summed E-state index contributed by atoms with van der Waals surface area (Å²) in [5.74, 6) is 0.220. The Bertz CT molecular complexity index is 427. The van der Waals surface area contributed by atoms with Crippen LogP contribution in [0.15, 0.2) is 18.2 Å². The van der Waals surface area contributed by atoms with Crippen LogP contribution in [0, 0.1) is 0 Å². The Hall–Kier alpha value is -0.860. The maximum atomic E-state index is 11.3. The fourth-order valence-corrected chi connectivity index (χ4v) is 1.78. The molecular weight excluding hydrogens is 247 g/mol. The maximum Gasteiger partial charge on any atom is 0.252 e. The summed E-state index contributed by atoms with van der Waals surface area (Å²) in [6, 6.07) is 4.80. The van der Waals surface area contributed by atoms with Crippen molar-refractivity contribution in [1.29, 1.82) is 0 Å². The first kappa shape index (κ1) is 13.2. The van der Waals surface area contributed by atoms with E-state index >= 15 is 0 Å². The smallest absolute Gasteiger partial charge is 0.252 e. The molecule has 1 rings (SSSR count). The predicted octanol–water partition coefficient (Wildman–Crippen LogP) is 3.96. The highest BCUT2D eigenvalue weighted by Gasteiger charge is 2.15. The van der Waals surface area contributed by atoms with Crippen LogP contribution >= 0.6 is 23.2 Å².